The van der Waals surface area contributed by atoms with Crippen molar-refractivity contribution in [3.63, 3.8) is 0 Å². The van der Waals surface area contributed by atoms with Crippen molar-refractivity contribution in [2.45, 2.75) is 13.3 Å². The summed E-state index contributed by atoms with van der Waals surface area (Å²) in [5, 5.41) is 3.17. The van der Waals surface area contributed by atoms with Gasteiger partial charge in [0.1, 0.15) is 5.75 Å². The van der Waals surface area contributed by atoms with Crippen LogP contribution in [-0.2, 0) is 11.2 Å². The van der Waals surface area contributed by atoms with Crippen molar-refractivity contribution in [3.8, 4) is 5.75 Å². The van der Waals surface area contributed by atoms with Crippen LogP contribution >= 0.6 is 28.1 Å². The standard InChI is InChI=1S/C18H17BrN2O2S/c1-12-10-14(19)6-7-16(12)23-11-17(22)20-18(24)21-9-8-13-4-2-3-5-15(13)21/h2-7,10H,8-9,11H2,1H3,(H,20,22,24). The van der Waals surface area contributed by atoms with Gasteiger partial charge in [-0.2, -0.15) is 0 Å². The SMILES string of the molecule is Cc1cc(Br)ccc1OCC(=O)NC(=S)N1CCc2ccccc21. The fraction of sp³-hybridized carbons (Fsp3) is 0.222. The number of rotatable bonds is 3. The molecule has 0 atom stereocenters. The molecule has 3 rings (SSSR count). The molecule has 2 aromatic rings. The van der Waals surface area contributed by atoms with Crippen molar-refractivity contribution in [1.82, 2.24) is 5.32 Å². The van der Waals surface area contributed by atoms with Gasteiger partial charge < -0.3 is 9.64 Å². The lowest BCUT2D eigenvalue weighted by Crippen LogP contribution is -2.43. The molecule has 0 spiro atoms. The van der Waals surface area contributed by atoms with Crippen molar-refractivity contribution in [3.05, 3.63) is 58.1 Å². The normalized spacial score (nSPS) is 12.7. The van der Waals surface area contributed by atoms with E-state index < -0.39 is 0 Å². The van der Waals surface area contributed by atoms with E-state index in [1.165, 1.54) is 5.56 Å². The Hall–Kier alpha value is -1.92. The smallest absolute Gasteiger partial charge is 0.264 e. The molecule has 1 aliphatic rings. The monoisotopic (exact) mass is 404 g/mol. The van der Waals surface area contributed by atoms with E-state index >= 15 is 0 Å². The summed E-state index contributed by atoms with van der Waals surface area (Å²) in [7, 11) is 0. The zero-order chi connectivity index (χ0) is 17.1. The Morgan fingerprint density at radius 2 is 2.12 bits per heavy atom. The number of nitrogens with one attached hydrogen (secondary N) is 1. The van der Waals surface area contributed by atoms with Crippen LogP contribution < -0.4 is 15.0 Å². The van der Waals surface area contributed by atoms with Gasteiger partial charge in [-0.3, -0.25) is 10.1 Å². The molecule has 0 radical (unpaired) electrons. The highest BCUT2D eigenvalue weighted by atomic mass is 79.9. The van der Waals surface area contributed by atoms with E-state index in [9.17, 15) is 4.79 Å². The lowest BCUT2D eigenvalue weighted by molar-refractivity contribution is -0.121. The van der Waals surface area contributed by atoms with Crippen LogP contribution in [0.25, 0.3) is 0 Å². The Balaban J connectivity index is 1.56. The number of carbonyl (C=O) groups excluding carboxylic acids is 1. The quantitative estimate of drug-likeness (QED) is 0.793. The van der Waals surface area contributed by atoms with Gasteiger partial charge in [0.25, 0.3) is 5.91 Å². The van der Waals surface area contributed by atoms with Crippen LogP contribution in [0.4, 0.5) is 5.69 Å². The molecule has 4 nitrogen and oxygen atoms in total. The van der Waals surface area contributed by atoms with E-state index in [-0.39, 0.29) is 12.5 Å². The predicted octanol–water partition coefficient (Wildman–Crippen LogP) is 3.60. The molecule has 0 aromatic heterocycles. The van der Waals surface area contributed by atoms with Gasteiger partial charge in [0.05, 0.1) is 0 Å². The molecule has 2 aromatic carbocycles. The van der Waals surface area contributed by atoms with Gasteiger partial charge in [0, 0.05) is 16.7 Å². The highest BCUT2D eigenvalue weighted by Crippen LogP contribution is 2.27. The Bertz CT molecular complexity index is 794. The van der Waals surface area contributed by atoms with Crippen molar-refractivity contribution in [2.24, 2.45) is 0 Å². The van der Waals surface area contributed by atoms with Crippen molar-refractivity contribution < 1.29 is 9.53 Å². The number of hydrogen-bond acceptors (Lipinski definition) is 3. The average molecular weight is 405 g/mol. The first-order valence-electron chi connectivity index (χ1n) is 7.63. The van der Waals surface area contributed by atoms with Crippen molar-refractivity contribution in [1.29, 1.82) is 0 Å². The predicted molar refractivity (Wildman–Crippen MR) is 103 cm³/mol. The largest absolute Gasteiger partial charge is 0.483 e. The van der Waals surface area contributed by atoms with Gasteiger partial charge in [-0.25, -0.2) is 0 Å². The first-order valence-corrected chi connectivity index (χ1v) is 8.83. The minimum atomic E-state index is -0.258. The van der Waals surface area contributed by atoms with Gasteiger partial charge in [0.2, 0.25) is 0 Å². The summed E-state index contributed by atoms with van der Waals surface area (Å²) in [5.41, 5.74) is 3.27. The molecular formula is C18H17BrN2O2S. The summed E-state index contributed by atoms with van der Waals surface area (Å²) in [5.74, 6) is 0.428. The lowest BCUT2D eigenvalue weighted by atomic mass is 10.2. The van der Waals surface area contributed by atoms with E-state index in [4.69, 9.17) is 17.0 Å². The molecule has 6 heteroatoms. The number of hydrogen-bond donors (Lipinski definition) is 1. The van der Waals surface area contributed by atoms with Gasteiger partial charge in [0.15, 0.2) is 11.7 Å². The third kappa shape index (κ3) is 3.76. The maximum atomic E-state index is 12.1. The molecule has 0 saturated heterocycles. The number of nitrogens with zero attached hydrogens (tertiary/aromatic N) is 1. The fourth-order valence-electron chi connectivity index (χ4n) is 2.69. The first-order chi connectivity index (χ1) is 11.5. The first kappa shape index (κ1) is 16.9. The molecule has 1 amide bonds. The molecule has 124 valence electrons. The molecule has 0 fully saturated rings. The van der Waals surface area contributed by atoms with Crippen LogP contribution in [-0.4, -0.2) is 24.2 Å². The Labute approximate surface area is 154 Å². The van der Waals surface area contributed by atoms with Crippen molar-refractivity contribution in [2.75, 3.05) is 18.1 Å². The van der Waals surface area contributed by atoms with Crippen LogP contribution in [0.2, 0.25) is 0 Å². The molecule has 1 N–H and O–H groups in total. The van der Waals surface area contributed by atoms with E-state index in [0.717, 1.165) is 28.7 Å². The molecule has 1 aliphatic heterocycles. The second-order valence-electron chi connectivity index (χ2n) is 5.58. The lowest BCUT2D eigenvalue weighted by Gasteiger charge is -2.20. The van der Waals surface area contributed by atoms with Crippen LogP contribution in [0, 0.1) is 6.92 Å². The number of fused-ring (bicyclic) bond motifs is 1. The second-order valence-corrected chi connectivity index (χ2v) is 6.88. The van der Waals surface area contributed by atoms with Crippen LogP contribution in [0.15, 0.2) is 46.9 Å². The number of aryl methyl sites for hydroxylation is 1. The number of amides is 1. The minimum absolute atomic E-state index is 0.0713. The summed E-state index contributed by atoms with van der Waals surface area (Å²) in [4.78, 5) is 14.1. The van der Waals surface area contributed by atoms with Crippen LogP contribution in [0.1, 0.15) is 11.1 Å². The van der Waals surface area contributed by atoms with E-state index in [1.807, 2.05) is 48.2 Å². The fourth-order valence-corrected chi connectivity index (χ4v) is 3.47. The summed E-state index contributed by atoms with van der Waals surface area (Å²) >= 11 is 8.77. The highest BCUT2D eigenvalue weighted by Gasteiger charge is 2.22. The van der Waals surface area contributed by atoms with E-state index in [2.05, 4.69) is 27.3 Å². The molecule has 0 aliphatic carbocycles. The van der Waals surface area contributed by atoms with E-state index in [1.54, 1.807) is 0 Å². The van der Waals surface area contributed by atoms with Crippen LogP contribution in [0.3, 0.4) is 0 Å². The average Bonchev–Trinajstić information content (AvgIpc) is 2.98. The third-order valence-corrected chi connectivity index (χ3v) is 4.69. The summed E-state index contributed by atoms with van der Waals surface area (Å²) in [6.45, 7) is 2.65. The van der Waals surface area contributed by atoms with Crippen LogP contribution in [0.5, 0.6) is 5.75 Å². The molecule has 0 bridgehead atoms. The summed E-state index contributed by atoms with van der Waals surface area (Å²) in [6, 6.07) is 13.7. The van der Waals surface area contributed by atoms with Gasteiger partial charge >= 0.3 is 0 Å². The Kier molecular flexibility index (Phi) is 5.16. The molecule has 0 saturated carbocycles. The Morgan fingerprint density at radius 1 is 1.33 bits per heavy atom. The maximum absolute atomic E-state index is 12.1. The van der Waals surface area contributed by atoms with Crippen molar-refractivity contribution >= 4 is 44.9 Å². The zero-order valence-electron chi connectivity index (χ0n) is 13.2. The zero-order valence-corrected chi connectivity index (χ0v) is 15.6. The third-order valence-electron chi connectivity index (χ3n) is 3.87. The maximum Gasteiger partial charge on any atom is 0.264 e. The number of ether oxygens (including phenoxy) is 1. The second kappa shape index (κ2) is 7.32. The minimum Gasteiger partial charge on any atom is -0.483 e. The highest BCUT2D eigenvalue weighted by molar-refractivity contribution is 9.10. The topological polar surface area (TPSA) is 41.6 Å². The number of carbonyl (C=O) groups is 1. The Morgan fingerprint density at radius 3 is 2.92 bits per heavy atom. The molecular weight excluding hydrogens is 388 g/mol. The van der Waals surface area contributed by atoms with Gasteiger partial charge in [-0.1, -0.05) is 34.1 Å². The van der Waals surface area contributed by atoms with Gasteiger partial charge in [-0.05, 0) is 61.0 Å². The number of halogens is 1. The van der Waals surface area contributed by atoms with Gasteiger partial charge in [-0.15, -0.1) is 0 Å². The number of benzene rings is 2. The summed E-state index contributed by atoms with van der Waals surface area (Å²) in [6.07, 6.45) is 0.931. The number of thiocarbonyl (C=S) groups is 1. The summed E-state index contributed by atoms with van der Waals surface area (Å²) < 4.78 is 6.55. The molecule has 0 unspecified atom stereocenters. The molecule has 24 heavy (non-hydrogen) atoms. The number of para-hydroxylation sites is 1. The molecule has 1 heterocycles. The number of anilines is 1. The van der Waals surface area contributed by atoms with E-state index in [0.29, 0.717) is 10.9 Å².